The molecule has 4 aromatic rings. The zero-order valence-corrected chi connectivity index (χ0v) is 21.8. The van der Waals surface area contributed by atoms with Gasteiger partial charge in [0.2, 0.25) is 0 Å². The monoisotopic (exact) mass is 538 g/mol. The van der Waals surface area contributed by atoms with Crippen LogP contribution in [0, 0.1) is 0 Å². The van der Waals surface area contributed by atoms with E-state index in [-0.39, 0.29) is 23.0 Å². The molecule has 36 heavy (non-hydrogen) atoms. The third-order valence-corrected chi connectivity index (χ3v) is 8.35. The molecule has 0 saturated heterocycles. The van der Waals surface area contributed by atoms with Gasteiger partial charge >= 0.3 is 0 Å². The van der Waals surface area contributed by atoms with Gasteiger partial charge in [-0.15, -0.1) is 11.3 Å². The summed E-state index contributed by atoms with van der Waals surface area (Å²) >= 11 is 8.84. The number of thiophene rings is 1. The number of aromatic hydroxyl groups is 1. The van der Waals surface area contributed by atoms with Gasteiger partial charge in [0.25, 0.3) is 11.5 Å². The molecule has 0 radical (unpaired) electrons. The van der Waals surface area contributed by atoms with Crippen LogP contribution in [0.2, 0.25) is 5.02 Å². The molecule has 10 heteroatoms. The van der Waals surface area contributed by atoms with Gasteiger partial charge in [0, 0.05) is 9.90 Å². The van der Waals surface area contributed by atoms with Gasteiger partial charge in [0.1, 0.15) is 10.6 Å². The molecule has 2 N–H and O–H groups in total. The summed E-state index contributed by atoms with van der Waals surface area (Å²) in [6.07, 6.45) is 3.52. The Morgan fingerprint density at radius 2 is 1.94 bits per heavy atom. The van der Waals surface area contributed by atoms with Crippen LogP contribution in [0.4, 0.5) is 0 Å². The molecule has 2 aromatic carbocycles. The number of thioether (sulfide) groups is 1. The highest BCUT2D eigenvalue weighted by atomic mass is 35.5. The molecule has 0 bridgehead atoms. The van der Waals surface area contributed by atoms with Crippen LogP contribution in [0.3, 0.4) is 0 Å². The number of aryl methyl sites for hydroxylation is 2. The molecular formula is C26H23ClN4O3S2. The second kappa shape index (κ2) is 10.5. The maximum Gasteiger partial charge on any atom is 0.267 e. The molecule has 1 aliphatic carbocycles. The summed E-state index contributed by atoms with van der Waals surface area (Å²) in [6.45, 7) is 1.94. The Hall–Kier alpha value is -3.14. The maximum atomic E-state index is 13.7. The molecule has 1 aliphatic rings. The second-order valence-electron chi connectivity index (χ2n) is 8.33. The Kier molecular flexibility index (Phi) is 7.13. The number of amides is 1. The van der Waals surface area contributed by atoms with Crippen molar-refractivity contribution in [1.82, 2.24) is 15.0 Å². The molecule has 0 fully saturated rings. The van der Waals surface area contributed by atoms with Gasteiger partial charge in [-0.25, -0.2) is 10.4 Å². The van der Waals surface area contributed by atoms with Gasteiger partial charge in [-0.3, -0.25) is 14.2 Å². The molecular weight excluding hydrogens is 516 g/mol. The molecule has 0 saturated carbocycles. The number of hydrazone groups is 1. The number of nitrogens with zero attached hydrogens (tertiary/aromatic N) is 3. The summed E-state index contributed by atoms with van der Waals surface area (Å²) in [7, 11) is 0. The summed E-state index contributed by atoms with van der Waals surface area (Å²) in [6, 6.07) is 13.7. The molecule has 5 rings (SSSR count). The highest BCUT2D eigenvalue weighted by molar-refractivity contribution is 7.99. The predicted octanol–water partition coefficient (Wildman–Crippen LogP) is 5.32. The van der Waals surface area contributed by atoms with Crippen LogP contribution < -0.4 is 11.0 Å². The Bertz CT molecular complexity index is 1530. The average Bonchev–Trinajstić information content (AvgIpc) is 3.46. The molecule has 0 spiro atoms. The minimum atomic E-state index is -0.310. The minimum Gasteiger partial charge on any atom is -0.508 e. The smallest absolute Gasteiger partial charge is 0.267 e. The van der Waals surface area contributed by atoms with Crippen LogP contribution in [0.15, 0.2) is 63.6 Å². The number of rotatable bonds is 7. The van der Waals surface area contributed by atoms with Crippen LogP contribution >= 0.6 is 34.7 Å². The van der Waals surface area contributed by atoms with Crippen molar-refractivity contribution in [3.8, 4) is 11.4 Å². The first kappa shape index (κ1) is 24.5. The summed E-state index contributed by atoms with van der Waals surface area (Å²) < 4.78 is 1.57. The van der Waals surface area contributed by atoms with Crippen LogP contribution in [-0.4, -0.2) is 32.0 Å². The number of hydrogen-bond acceptors (Lipinski definition) is 7. The molecule has 0 aliphatic heterocycles. The van der Waals surface area contributed by atoms with E-state index in [0.29, 0.717) is 33.4 Å². The number of benzene rings is 2. The Balaban J connectivity index is 1.42. The number of halogens is 1. The van der Waals surface area contributed by atoms with Gasteiger partial charge in [-0.1, -0.05) is 30.3 Å². The first-order chi connectivity index (χ1) is 17.4. The minimum absolute atomic E-state index is 0.0344. The highest BCUT2D eigenvalue weighted by Crippen LogP contribution is 2.36. The van der Waals surface area contributed by atoms with Gasteiger partial charge < -0.3 is 5.11 Å². The zero-order chi connectivity index (χ0) is 25.2. The summed E-state index contributed by atoms with van der Waals surface area (Å²) in [5, 5.41) is 15.5. The van der Waals surface area contributed by atoms with Crippen molar-refractivity contribution >= 4 is 56.5 Å². The SMILES string of the molecule is CC/C(=N\NC(=O)CSc1nc2sc3c(c2c(=O)n1-c1ccc(Cl)cc1)CCC3)c1ccc(O)cc1. The normalized spacial score (nSPS) is 13.2. The zero-order valence-electron chi connectivity index (χ0n) is 19.5. The Labute approximate surface area is 220 Å². The van der Waals surface area contributed by atoms with Crippen molar-refractivity contribution in [1.29, 1.82) is 0 Å². The van der Waals surface area contributed by atoms with E-state index in [1.807, 2.05) is 6.92 Å². The standard InChI is InChI=1S/C26H23ClN4O3S2/c1-2-20(15-6-12-18(32)13-7-15)29-30-22(33)14-35-26-28-24-23(19-4-3-5-21(19)36-24)25(34)31(26)17-10-8-16(27)9-11-17/h6-13,32H,2-5,14H2,1H3,(H,30,33)/b29-20+. The van der Waals surface area contributed by atoms with Crippen molar-refractivity contribution in [3.05, 3.63) is 79.9 Å². The quantitative estimate of drug-likeness (QED) is 0.144. The first-order valence-corrected chi connectivity index (χ1v) is 13.7. The third-order valence-electron chi connectivity index (χ3n) is 5.98. The molecule has 2 aromatic heterocycles. The van der Waals surface area contributed by atoms with Crippen molar-refractivity contribution in [2.24, 2.45) is 5.10 Å². The lowest BCUT2D eigenvalue weighted by atomic mass is 10.1. The summed E-state index contributed by atoms with van der Waals surface area (Å²) in [5.41, 5.74) is 5.75. The fourth-order valence-electron chi connectivity index (χ4n) is 4.23. The van der Waals surface area contributed by atoms with E-state index in [4.69, 9.17) is 16.6 Å². The van der Waals surface area contributed by atoms with Gasteiger partial charge in [-0.05, 0) is 85.3 Å². The number of hydrogen-bond donors (Lipinski definition) is 2. The number of phenols is 1. The van der Waals surface area contributed by atoms with Crippen molar-refractivity contribution in [2.45, 2.75) is 37.8 Å². The van der Waals surface area contributed by atoms with Crippen LogP contribution in [-0.2, 0) is 17.6 Å². The van der Waals surface area contributed by atoms with Gasteiger partial charge in [0.05, 0.1) is 22.5 Å². The summed E-state index contributed by atoms with van der Waals surface area (Å²) in [5.74, 6) is -0.107. The van der Waals surface area contributed by atoms with Crippen molar-refractivity contribution < 1.29 is 9.90 Å². The number of nitrogens with one attached hydrogen (secondary N) is 1. The molecule has 1 amide bonds. The van der Waals surface area contributed by atoms with E-state index in [9.17, 15) is 14.7 Å². The molecule has 2 heterocycles. The van der Waals surface area contributed by atoms with Crippen molar-refractivity contribution in [3.63, 3.8) is 0 Å². The number of phenolic OH excluding ortho intramolecular Hbond substituents is 1. The van der Waals surface area contributed by atoms with Gasteiger partial charge in [-0.2, -0.15) is 5.10 Å². The van der Waals surface area contributed by atoms with Crippen LogP contribution in [0.1, 0.15) is 35.8 Å². The maximum absolute atomic E-state index is 13.7. The lowest BCUT2D eigenvalue weighted by molar-refractivity contribution is -0.118. The van der Waals surface area contributed by atoms with Crippen LogP contribution in [0.25, 0.3) is 15.9 Å². The van der Waals surface area contributed by atoms with E-state index in [0.717, 1.165) is 35.2 Å². The van der Waals surface area contributed by atoms with E-state index < -0.39 is 0 Å². The van der Waals surface area contributed by atoms with E-state index in [1.165, 1.54) is 16.6 Å². The van der Waals surface area contributed by atoms with E-state index in [2.05, 4.69) is 10.5 Å². The van der Waals surface area contributed by atoms with Crippen LogP contribution in [0.5, 0.6) is 5.75 Å². The largest absolute Gasteiger partial charge is 0.508 e. The molecule has 184 valence electrons. The first-order valence-electron chi connectivity index (χ1n) is 11.6. The number of fused-ring (bicyclic) bond motifs is 3. The number of carbonyl (C=O) groups is 1. The molecule has 7 nitrogen and oxygen atoms in total. The van der Waals surface area contributed by atoms with Crippen molar-refractivity contribution in [2.75, 3.05) is 5.75 Å². The summed E-state index contributed by atoms with van der Waals surface area (Å²) in [4.78, 5) is 33.1. The van der Waals surface area contributed by atoms with E-state index >= 15 is 0 Å². The molecule has 0 unspecified atom stereocenters. The Morgan fingerprint density at radius 1 is 1.19 bits per heavy atom. The highest BCUT2D eigenvalue weighted by Gasteiger charge is 2.24. The Morgan fingerprint density at radius 3 is 2.67 bits per heavy atom. The van der Waals surface area contributed by atoms with E-state index in [1.54, 1.807) is 64.4 Å². The second-order valence-corrected chi connectivity index (χ2v) is 10.8. The molecule has 0 atom stereocenters. The lowest BCUT2D eigenvalue weighted by Gasteiger charge is -2.12. The average molecular weight is 539 g/mol. The number of carbonyl (C=O) groups excluding carboxylic acids is 1. The predicted molar refractivity (Wildman–Crippen MR) is 146 cm³/mol. The topological polar surface area (TPSA) is 96.6 Å². The fraction of sp³-hybridized carbons (Fsp3) is 0.231. The lowest BCUT2D eigenvalue weighted by Crippen LogP contribution is -2.24. The van der Waals surface area contributed by atoms with Gasteiger partial charge in [0.15, 0.2) is 5.16 Å². The fourth-order valence-corrected chi connectivity index (χ4v) is 6.47. The number of aromatic nitrogens is 2. The third kappa shape index (κ3) is 4.91.